The standard InChI is InChI=1S/C22H27F3N6O2/c1-12-3-4-18(27-19-9-17(29-30-19)14-7-15(23)8-14)28-20(12)21(33)31-11-22(24,25)6-5-16(31)10-26-13(2)32/h3-4,9,14-16H,5-8,10-11H2,1-2H3,(H,26,32)(H2,27,28,29,30)/t14?,15?,16-/m1/s1. The average molecular weight is 464 g/mol. The maximum Gasteiger partial charge on any atom is 0.273 e. The number of aromatic amines is 1. The molecule has 1 saturated heterocycles. The number of pyridine rings is 1. The summed E-state index contributed by atoms with van der Waals surface area (Å²) in [5.41, 5.74) is 1.43. The van der Waals surface area contributed by atoms with Crippen molar-refractivity contribution in [3.8, 4) is 0 Å². The Balaban J connectivity index is 1.51. The molecule has 1 atom stereocenters. The predicted molar refractivity (Wildman–Crippen MR) is 115 cm³/mol. The maximum absolute atomic E-state index is 14.1. The summed E-state index contributed by atoms with van der Waals surface area (Å²) >= 11 is 0. The lowest BCUT2D eigenvalue weighted by atomic mass is 9.81. The Hall–Kier alpha value is -3.11. The first-order valence-electron chi connectivity index (χ1n) is 11.0. The second-order valence-electron chi connectivity index (χ2n) is 8.88. The van der Waals surface area contributed by atoms with Gasteiger partial charge in [0.2, 0.25) is 5.91 Å². The van der Waals surface area contributed by atoms with Crippen LogP contribution in [0.3, 0.4) is 0 Å². The van der Waals surface area contributed by atoms with E-state index in [1.54, 1.807) is 25.1 Å². The lowest BCUT2D eigenvalue weighted by molar-refractivity contribution is -0.119. The predicted octanol–water partition coefficient (Wildman–Crippen LogP) is 3.45. The summed E-state index contributed by atoms with van der Waals surface area (Å²) in [6.07, 6.45) is -0.126. The molecule has 3 heterocycles. The molecule has 0 aromatic carbocycles. The highest BCUT2D eigenvalue weighted by atomic mass is 19.3. The first kappa shape index (κ1) is 23.1. The molecular formula is C22H27F3N6O2. The molecule has 1 saturated carbocycles. The van der Waals surface area contributed by atoms with Gasteiger partial charge >= 0.3 is 0 Å². The van der Waals surface area contributed by atoms with Crippen molar-refractivity contribution in [1.29, 1.82) is 0 Å². The summed E-state index contributed by atoms with van der Waals surface area (Å²) in [5, 5.41) is 12.7. The van der Waals surface area contributed by atoms with Gasteiger partial charge in [-0.2, -0.15) is 5.10 Å². The van der Waals surface area contributed by atoms with E-state index in [0.29, 0.717) is 30.0 Å². The lowest BCUT2D eigenvalue weighted by Gasteiger charge is -2.39. The zero-order valence-electron chi connectivity index (χ0n) is 18.5. The SMILES string of the molecule is CC(=O)NC[C@H]1CCC(F)(F)CN1C(=O)c1nc(Nc2cc(C3CC(F)C3)[nH]n2)ccc1C. The molecule has 1 aliphatic carbocycles. The smallest absolute Gasteiger partial charge is 0.273 e. The number of nitrogens with one attached hydrogen (secondary N) is 3. The summed E-state index contributed by atoms with van der Waals surface area (Å²) in [5.74, 6) is -3.00. The van der Waals surface area contributed by atoms with Crippen LogP contribution in [-0.4, -0.2) is 63.1 Å². The Morgan fingerprint density at radius 3 is 2.73 bits per heavy atom. The number of halogens is 3. The van der Waals surface area contributed by atoms with Crippen molar-refractivity contribution in [3.63, 3.8) is 0 Å². The normalized spacial score (nSPS) is 24.2. The Morgan fingerprint density at radius 2 is 2.03 bits per heavy atom. The van der Waals surface area contributed by atoms with Crippen molar-refractivity contribution in [2.24, 2.45) is 0 Å². The third-order valence-corrected chi connectivity index (χ3v) is 6.21. The number of carbonyl (C=O) groups is 2. The Kier molecular flexibility index (Phi) is 6.31. The molecular weight excluding hydrogens is 437 g/mol. The van der Waals surface area contributed by atoms with Crippen molar-refractivity contribution in [1.82, 2.24) is 25.4 Å². The summed E-state index contributed by atoms with van der Waals surface area (Å²) in [6, 6.07) is 4.57. The highest BCUT2D eigenvalue weighted by Crippen LogP contribution is 2.38. The van der Waals surface area contributed by atoms with Gasteiger partial charge in [0.05, 0.1) is 6.54 Å². The summed E-state index contributed by atoms with van der Waals surface area (Å²) in [4.78, 5) is 30.1. The second kappa shape index (κ2) is 9.03. The van der Waals surface area contributed by atoms with Crippen LogP contribution in [0.4, 0.5) is 24.8 Å². The average Bonchev–Trinajstić information content (AvgIpc) is 3.18. The maximum atomic E-state index is 14.1. The van der Waals surface area contributed by atoms with E-state index in [9.17, 15) is 22.8 Å². The zero-order valence-corrected chi connectivity index (χ0v) is 18.5. The van der Waals surface area contributed by atoms with Crippen molar-refractivity contribution in [2.75, 3.05) is 18.4 Å². The zero-order chi connectivity index (χ0) is 23.8. The number of carbonyl (C=O) groups excluding carboxylic acids is 2. The van der Waals surface area contributed by atoms with E-state index < -0.39 is 30.6 Å². The van der Waals surface area contributed by atoms with E-state index in [1.807, 2.05) is 0 Å². The van der Waals surface area contributed by atoms with Gasteiger partial charge in [-0.05, 0) is 37.8 Å². The van der Waals surface area contributed by atoms with Crippen molar-refractivity contribution >= 4 is 23.5 Å². The third-order valence-electron chi connectivity index (χ3n) is 6.21. The van der Waals surface area contributed by atoms with Crippen LogP contribution in [0.2, 0.25) is 0 Å². The summed E-state index contributed by atoms with van der Waals surface area (Å²) in [6.45, 7) is 2.40. The van der Waals surface area contributed by atoms with Crippen LogP contribution in [0.25, 0.3) is 0 Å². The van der Waals surface area contributed by atoms with Crippen molar-refractivity contribution < 1.29 is 22.8 Å². The molecule has 0 bridgehead atoms. The van der Waals surface area contributed by atoms with Gasteiger partial charge in [0.25, 0.3) is 11.8 Å². The molecule has 178 valence electrons. The van der Waals surface area contributed by atoms with Crippen LogP contribution in [0.1, 0.15) is 60.3 Å². The van der Waals surface area contributed by atoms with Gasteiger partial charge in [0.1, 0.15) is 17.7 Å². The van der Waals surface area contributed by atoms with Crippen LogP contribution in [0, 0.1) is 6.92 Å². The van der Waals surface area contributed by atoms with Crippen molar-refractivity contribution in [3.05, 3.63) is 35.2 Å². The van der Waals surface area contributed by atoms with Gasteiger partial charge in [-0.25, -0.2) is 18.2 Å². The molecule has 2 fully saturated rings. The van der Waals surface area contributed by atoms with Crippen LogP contribution in [0.15, 0.2) is 18.2 Å². The number of alkyl halides is 3. The monoisotopic (exact) mass is 464 g/mol. The van der Waals surface area contributed by atoms with Crippen LogP contribution in [0.5, 0.6) is 0 Å². The Morgan fingerprint density at radius 1 is 1.27 bits per heavy atom. The second-order valence-corrected chi connectivity index (χ2v) is 8.88. The van der Waals surface area contributed by atoms with E-state index in [-0.39, 0.29) is 36.9 Å². The van der Waals surface area contributed by atoms with Gasteiger partial charge in [-0.15, -0.1) is 0 Å². The molecule has 33 heavy (non-hydrogen) atoms. The lowest BCUT2D eigenvalue weighted by Crippen LogP contribution is -2.55. The van der Waals surface area contributed by atoms with Crippen LogP contribution in [-0.2, 0) is 4.79 Å². The summed E-state index contributed by atoms with van der Waals surface area (Å²) < 4.78 is 41.4. The van der Waals surface area contributed by atoms with E-state index in [2.05, 4.69) is 25.8 Å². The van der Waals surface area contributed by atoms with Gasteiger partial charge in [0, 0.05) is 43.6 Å². The minimum absolute atomic E-state index is 0.0561. The number of amides is 2. The molecule has 3 N–H and O–H groups in total. The molecule has 4 rings (SSSR count). The Bertz CT molecular complexity index is 1040. The number of nitrogens with zero attached hydrogens (tertiary/aromatic N) is 3. The largest absolute Gasteiger partial charge is 0.354 e. The third kappa shape index (κ3) is 5.28. The number of rotatable bonds is 6. The molecule has 2 aromatic heterocycles. The van der Waals surface area contributed by atoms with Crippen LogP contribution >= 0.6 is 0 Å². The van der Waals surface area contributed by atoms with Gasteiger partial charge in [-0.1, -0.05) is 6.07 Å². The molecule has 0 radical (unpaired) electrons. The van der Waals surface area contributed by atoms with Crippen LogP contribution < -0.4 is 10.6 Å². The van der Waals surface area contributed by atoms with Gasteiger partial charge < -0.3 is 15.5 Å². The quantitative estimate of drug-likeness (QED) is 0.608. The van der Waals surface area contributed by atoms with Gasteiger partial charge in [0.15, 0.2) is 5.82 Å². The highest BCUT2D eigenvalue weighted by molar-refractivity contribution is 5.94. The number of H-pyrrole nitrogens is 1. The topological polar surface area (TPSA) is 103 Å². The number of hydrogen-bond donors (Lipinski definition) is 3. The van der Waals surface area contributed by atoms with E-state index in [1.165, 1.54) is 6.92 Å². The van der Waals surface area contributed by atoms with E-state index in [0.717, 1.165) is 10.6 Å². The molecule has 2 aromatic rings. The number of likely N-dealkylation sites (tertiary alicyclic amines) is 1. The first-order valence-corrected chi connectivity index (χ1v) is 11.0. The molecule has 2 aliphatic rings. The molecule has 0 spiro atoms. The van der Waals surface area contributed by atoms with Gasteiger partial charge in [-0.3, -0.25) is 14.7 Å². The number of aryl methyl sites for hydroxylation is 1. The fraction of sp³-hybridized carbons (Fsp3) is 0.545. The van der Waals surface area contributed by atoms with E-state index in [4.69, 9.17) is 0 Å². The summed E-state index contributed by atoms with van der Waals surface area (Å²) in [7, 11) is 0. The molecule has 2 amide bonds. The Labute approximate surface area is 189 Å². The minimum atomic E-state index is -3.00. The molecule has 0 unspecified atom stereocenters. The first-order chi connectivity index (χ1) is 15.6. The molecule has 1 aliphatic heterocycles. The fourth-order valence-electron chi connectivity index (χ4n) is 4.20. The minimum Gasteiger partial charge on any atom is -0.354 e. The fourth-order valence-corrected chi connectivity index (χ4v) is 4.20. The number of anilines is 2. The molecule has 11 heteroatoms. The number of hydrogen-bond acceptors (Lipinski definition) is 5. The molecule has 8 nitrogen and oxygen atoms in total. The number of piperidine rings is 1. The van der Waals surface area contributed by atoms with Crippen molar-refractivity contribution in [2.45, 2.75) is 63.6 Å². The highest BCUT2D eigenvalue weighted by Gasteiger charge is 2.43. The van der Waals surface area contributed by atoms with E-state index >= 15 is 0 Å². The number of aromatic nitrogens is 3.